The van der Waals surface area contributed by atoms with Gasteiger partial charge in [0.1, 0.15) is 13.9 Å². The van der Waals surface area contributed by atoms with Gasteiger partial charge in [0, 0.05) is 18.5 Å². The molecule has 0 saturated carbocycles. The summed E-state index contributed by atoms with van der Waals surface area (Å²) in [7, 11) is 5.69. The maximum Gasteiger partial charge on any atom is 0.255 e. The molecule has 1 saturated heterocycles. The normalized spacial score (nSPS) is 22.4. The van der Waals surface area contributed by atoms with E-state index in [-0.39, 0.29) is 18.2 Å². The molecule has 0 aromatic heterocycles. The Morgan fingerprint density at radius 2 is 2.05 bits per heavy atom. The molecule has 1 N–H and O–H groups in total. The zero-order valence-electron chi connectivity index (χ0n) is 10.2. The second kappa shape index (κ2) is 4.22. The largest absolute Gasteiger partial charge is 0.322 e. The predicted molar refractivity (Wildman–Crippen MR) is 67.9 cm³/mol. The fraction of sp³-hybridized carbons (Fsp3) is 0.308. The molecule has 3 amide bonds. The van der Waals surface area contributed by atoms with Crippen molar-refractivity contribution in [3.8, 4) is 0 Å². The number of carbonyl (C=O) groups excluding carboxylic acids is 3. The number of nitrogens with zero attached hydrogens (tertiary/aromatic N) is 1. The number of hydrogen-bond donors (Lipinski definition) is 1. The molecule has 0 spiro atoms. The van der Waals surface area contributed by atoms with Crippen LogP contribution in [0.2, 0.25) is 0 Å². The molecular formula is C13H11BN2O3. The highest BCUT2D eigenvalue weighted by atomic mass is 16.2. The van der Waals surface area contributed by atoms with Gasteiger partial charge in [-0.25, -0.2) is 0 Å². The van der Waals surface area contributed by atoms with Crippen LogP contribution < -0.4 is 10.8 Å². The Morgan fingerprint density at radius 1 is 1.26 bits per heavy atom. The topological polar surface area (TPSA) is 66.5 Å². The number of carbonyl (C=O) groups is 3. The summed E-state index contributed by atoms with van der Waals surface area (Å²) >= 11 is 0. The Balaban J connectivity index is 1.87. The second-order valence-electron chi connectivity index (χ2n) is 4.82. The number of rotatable bonds is 1. The molecule has 0 bridgehead atoms. The number of hydrogen-bond acceptors (Lipinski definition) is 3. The summed E-state index contributed by atoms with van der Waals surface area (Å²) in [6.07, 6.45) is 0.637. The molecule has 19 heavy (non-hydrogen) atoms. The van der Waals surface area contributed by atoms with Gasteiger partial charge in [0.15, 0.2) is 0 Å². The van der Waals surface area contributed by atoms with Gasteiger partial charge >= 0.3 is 0 Å². The van der Waals surface area contributed by atoms with Crippen molar-refractivity contribution in [3.05, 3.63) is 29.3 Å². The van der Waals surface area contributed by atoms with Gasteiger partial charge in [0.25, 0.3) is 5.91 Å². The summed E-state index contributed by atoms with van der Waals surface area (Å²) in [5.41, 5.74) is 2.00. The van der Waals surface area contributed by atoms with Crippen molar-refractivity contribution < 1.29 is 14.4 Å². The van der Waals surface area contributed by atoms with Crippen LogP contribution >= 0.6 is 0 Å². The molecule has 6 heteroatoms. The molecule has 1 fully saturated rings. The van der Waals surface area contributed by atoms with Crippen LogP contribution in [0.25, 0.3) is 0 Å². The molecule has 2 radical (unpaired) electrons. The lowest BCUT2D eigenvalue weighted by Crippen LogP contribution is -2.52. The quantitative estimate of drug-likeness (QED) is 0.529. The summed E-state index contributed by atoms with van der Waals surface area (Å²) in [4.78, 5) is 36.7. The van der Waals surface area contributed by atoms with E-state index in [0.29, 0.717) is 24.0 Å². The van der Waals surface area contributed by atoms with Gasteiger partial charge in [-0.1, -0.05) is 17.6 Å². The van der Waals surface area contributed by atoms with Crippen molar-refractivity contribution >= 4 is 31.0 Å². The fourth-order valence-corrected chi connectivity index (χ4v) is 2.59. The highest BCUT2D eigenvalue weighted by Gasteiger charge is 2.38. The first-order valence-corrected chi connectivity index (χ1v) is 6.09. The highest BCUT2D eigenvalue weighted by molar-refractivity contribution is 6.32. The van der Waals surface area contributed by atoms with Crippen LogP contribution in [0, 0.1) is 0 Å². The van der Waals surface area contributed by atoms with Crippen molar-refractivity contribution in [2.24, 2.45) is 0 Å². The standard InChI is InChI=1S/C13H11BN2O3/c14-8-1-2-9-7(5-8)6-16(13(9)19)10-3-4-11(17)15-12(10)18/h1-2,5,10H,3-4,6H2,(H,15,17,18). The molecule has 2 aliphatic rings. The molecule has 1 aromatic carbocycles. The summed E-state index contributed by atoms with van der Waals surface area (Å²) in [6.45, 7) is 0.367. The monoisotopic (exact) mass is 254 g/mol. The van der Waals surface area contributed by atoms with E-state index in [9.17, 15) is 14.4 Å². The Hall–Kier alpha value is -2.11. The summed E-state index contributed by atoms with van der Waals surface area (Å²) < 4.78 is 0. The van der Waals surface area contributed by atoms with Crippen LogP contribution in [-0.2, 0) is 16.1 Å². The molecule has 2 heterocycles. The summed E-state index contributed by atoms with van der Waals surface area (Å²) in [5.74, 6) is -0.857. The van der Waals surface area contributed by atoms with Crippen LogP contribution in [0.4, 0.5) is 0 Å². The Morgan fingerprint density at radius 3 is 2.79 bits per heavy atom. The van der Waals surface area contributed by atoms with Crippen LogP contribution in [0.3, 0.4) is 0 Å². The van der Waals surface area contributed by atoms with Crippen molar-refractivity contribution in [1.29, 1.82) is 0 Å². The fourth-order valence-electron chi connectivity index (χ4n) is 2.59. The third-order valence-electron chi connectivity index (χ3n) is 3.55. The minimum Gasteiger partial charge on any atom is -0.322 e. The number of piperidine rings is 1. The van der Waals surface area contributed by atoms with E-state index in [2.05, 4.69) is 5.32 Å². The van der Waals surface area contributed by atoms with Gasteiger partial charge in [-0.05, 0) is 18.1 Å². The van der Waals surface area contributed by atoms with Gasteiger partial charge in [0.05, 0.1) is 0 Å². The molecule has 5 nitrogen and oxygen atoms in total. The third-order valence-corrected chi connectivity index (χ3v) is 3.55. The first kappa shape index (κ1) is 12.0. The molecule has 2 aliphatic heterocycles. The molecule has 1 aromatic rings. The Kier molecular flexibility index (Phi) is 2.66. The number of nitrogens with one attached hydrogen (secondary N) is 1. The summed E-state index contributed by atoms with van der Waals surface area (Å²) in [5, 5.41) is 2.27. The Bertz CT molecular complexity index is 600. The lowest BCUT2D eigenvalue weighted by molar-refractivity contribution is -0.136. The average Bonchev–Trinajstić information content (AvgIpc) is 2.66. The van der Waals surface area contributed by atoms with Crippen molar-refractivity contribution in [3.63, 3.8) is 0 Å². The van der Waals surface area contributed by atoms with E-state index in [4.69, 9.17) is 7.85 Å². The second-order valence-corrected chi connectivity index (χ2v) is 4.82. The maximum absolute atomic E-state index is 12.3. The van der Waals surface area contributed by atoms with Gasteiger partial charge in [-0.15, -0.1) is 0 Å². The molecule has 1 atom stereocenters. The minimum atomic E-state index is -0.571. The van der Waals surface area contributed by atoms with Gasteiger partial charge in [-0.2, -0.15) is 0 Å². The number of imide groups is 1. The van der Waals surface area contributed by atoms with E-state index in [1.54, 1.807) is 18.2 Å². The molecule has 0 aliphatic carbocycles. The first-order chi connectivity index (χ1) is 9.06. The smallest absolute Gasteiger partial charge is 0.255 e. The van der Waals surface area contributed by atoms with E-state index < -0.39 is 11.9 Å². The maximum atomic E-state index is 12.3. The van der Waals surface area contributed by atoms with Crippen molar-refractivity contribution in [2.75, 3.05) is 0 Å². The molecule has 94 valence electrons. The van der Waals surface area contributed by atoms with E-state index in [0.717, 1.165) is 5.56 Å². The van der Waals surface area contributed by atoms with E-state index in [1.165, 1.54) is 4.90 Å². The molecule has 1 unspecified atom stereocenters. The molecular weight excluding hydrogens is 243 g/mol. The van der Waals surface area contributed by atoms with Crippen LogP contribution in [-0.4, -0.2) is 36.5 Å². The lowest BCUT2D eigenvalue weighted by Gasteiger charge is -2.29. The number of amides is 3. The number of fused-ring (bicyclic) bond motifs is 1. The zero-order chi connectivity index (χ0) is 13.6. The lowest BCUT2D eigenvalue weighted by atomic mass is 9.93. The van der Waals surface area contributed by atoms with Crippen LogP contribution in [0.1, 0.15) is 28.8 Å². The van der Waals surface area contributed by atoms with Crippen LogP contribution in [0.15, 0.2) is 18.2 Å². The molecule has 3 rings (SSSR count). The zero-order valence-corrected chi connectivity index (χ0v) is 10.2. The minimum absolute atomic E-state index is 0.176. The predicted octanol–water partition coefficient (Wildman–Crippen LogP) is -0.759. The van der Waals surface area contributed by atoms with E-state index in [1.807, 2.05) is 0 Å². The van der Waals surface area contributed by atoms with Gasteiger partial charge in [-0.3, -0.25) is 19.7 Å². The van der Waals surface area contributed by atoms with Gasteiger partial charge in [0.2, 0.25) is 11.8 Å². The van der Waals surface area contributed by atoms with Crippen molar-refractivity contribution in [1.82, 2.24) is 10.2 Å². The average molecular weight is 254 g/mol. The third kappa shape index (κ3) is 1.93. The van der Waals surface area contributed by atoms with Crippen molar-refractivity contribution in [2.45, 2.75) is 25.4 Å². The van der Waals surface area contributed by atoms with Gasteiger partial charge < -0.3 is 4.90 Å². The SMILES string of the molecule is [B]c1ccc2c(c1)CN(C1CCC(=O)NC1=O)C2=O. The van der Waals surface area contributed by atoms with E-state index >= 15 is 0 Å². The first-order valence-electron chi connectivity index (χ1n) is 6.09. The number of benzene rings is 1. The van der Waals surface area contributed by atoms with Crippen LogP contribution in [0.5, 0.6) is 0 Å². The Labute approximate surface area is 111 Å². The highest BCUT2D eigenvalue weighted by Crippen LogP contribution is 2.26. The summed E-state index contributed by atoms with van der Waals surface area (Å²) in [6, 6.07) is 4.53.